The lowest BCUT2D eigenvalue weighted by atomic mass is 10.2. The standard InChI is InChI=1S/C7H10/c1-4-6-7(3)5-2/h3,5H2,1-2H3. The molecule has 0 nitrogen and oxygen atoms in total. The van der Waals surface area contributed by atoms with Gasteiger partial charge in [0.05, 0.1) is 0 Å². The number of hydrogen-bond acceptors (Lipinski definition) is 0. The normalized spacial score (nSPS) is 6.57. The minimum Gasteiger partial charge on any atom is -0.102 e. The molecular weight excluding hydrogens is 84.1 g/mol. The summed E-state index contributed by atoms with van der Waals surface area (Å²) in [6.45, 7) is 7.56. The van der Waals surface area contributed by atoms with Crippen molar-refractivity contribution in [3.05, 3.63) is 12.2 Å². The van der Waals surface area contributed by atoms with Gasteiger partial charge in [0, 0.05) is 0 Å². The minimum absolute atomic E-state index is 0.973. The Morgan fingerprint density at radius 3 is 2.43 bits per heavy atom. The molecule has 0 fully saturated rings. The van der Waals surface area contributed by atoms with Gasteiger partial charge in [-0.2, -0.15) is 0 Å². The van der Waals surface area contributed by atoms with Gasteiger partial charge in [-0.05, 0) is 18.9 Å². The van der Waals surface area contributed by atoms with E-state index in [1.54, 1.807) is 0 Å². The number of allylic oxidation sites excluding steroid dienone is 1. The van der Waals surface area contributed by atoms with E-state index < -0.39 is 0 Å². The lowest BCUT2D eigenvalue weighted by Crippen LogP contribution is -1.66. The van der Waals surface area contributed by atoms with E-state index >= 15 is 0 Å². The summed E-state index contributed by atoms with van der Waals surface area (Å²) in [5.74, 6) is 5.62. The Bertz CT molecular complexity index is 110. The Hall–Kier alpha value is -0.700. The summed E-state index contributed by atoms with van der Waals surface area (Å²) in [7, 11) is 0. The van der Waals surface area contributed by atoms with Gasteiger partial charge in [-0.25, -0.2) is 0 Å². The molecule has 0 saturated carbocycles. The van der Waals surface area contributed by atoms with E-state index in [1.165, 1.54) is 0 Å². The molecule has 0 atom stereocenters. The molecule has 0 aromatic rings. The van der Waals surface area contributed by atoms with Crippen molar-refractivity contribution < 1.29 is 0 Å². The molecule has 0 unspecified atom stereocenters. The third-order valence-corrected chi connectivity index (χ3v) is 0.729. The second kappa shape index (κ2) is 3.49. The van der Waals surface area contributed by atoms with Crippen LogP contribution in [0.2, 0.25) is 0 Å². The first kappa shape index (κ1) is 6.30. The second-order valence-electron chi connectivity index (χ2n) is 1.33. The molecule has 0 bridgehead atoms. The monoisotopic (exact) mass is 94.1 g/mol. The van der Waals surface area contributed by atoms with E-state index in [1.807, 2.05) is 13.8 Å². The molecule has 0 aliphatic heterocycles. The Balaban J connectivity index is 3.52. The van der Waals surface area contributed by atoms with Gasteiger partial charge in [-0.1, -0.05) is 19.4 Å². The zero-order valence-electron chi connectivity index (χ0n) is 4.91. The van der Waals surface area contributed by atoms with Gasteiger partial charge in [-0.3, -0.25) is 0 Å². The average molecular weight is 94.2 g/mol. The summed E-state index contributed by atoms with van der Waals surface area (Å²) in [4.78, 5) is 0. The van der Waals surface area contributed by atoms with E-state index in [0.29, 0.717) is 0 Å². The van der Waals surface area contributed by atoms with Gasteiger partial charge in [0.1, 0.15) is 0 Å². The zero-order valence-corrected chi connectivity index (χ0v) is 4.91. The molecule has 0 aromatic carbocycles. The molecule has 7 heavy (non-hydrogen) atoms. The minimum atomic E-state index is 0.973. The highest BCUT2D eigenvalue weighted by atomic mass is 13.8. The Labute approximate surface area is 45.2 Å². The quantitative estimate of drug-likeness (QED) is 0.436. The van der Waals surface area contributed by atoms with Crippen LogP contribution in [0.25, 0.3) is 0 Å². The van der Waals surface area contributed by atoms with Gasteiger partial charge < -0.3 is 0 Å². The highest BCUT2D eigenvalue weighted by Crippen LogP contribution is 1.90. The van der Waals surface area contributed by atoms with Gasteiger partial charge in [-0.15, -0.1) is 5.92 Å². The van der Waals surface area contributed by atoms with E-state index in [2.05, 4.69) is 18.4 Å². The molecular formula is C7H10. The van der Waals surface area contributed by atoms with Crippen molar-refractivity contribution in [2.45, 2.75) is 20.3 Å². The fourth-order valence-corrected chi connectivity index (χ4v) is 0.265. The van der Waals surface area contributed by atoms with Crippen LogP contribution in [0.5, 0.6) is 0 Å². The van der Waals surface area contributed by atoms with Crippen molar-refractivity contribution in [1.82, 2.24) is 0 Å². The first-order valence-electron chi connectivity index (χ1n) is 2.41. The fourth-order valence-electron chi connectivity index (χ4n) is 0.265. The first-order valence-corrected chi connectivity index (χ1v) is 2.41. The van der Waals surface area contributed by atoms with E-state index in [-0.39, 0.29) is 0 Å². The Morgan fingerprint density at radius 1 is 1.71 bits per heavy atom. The molecule has 0 aliphatic carbocycles. The van der Waals surface area contributed by atoms with Gasteiger partial charge in [0.15, 0.2) is 0 Å². The molecule has 0 heterocycles. The molecule has 0 spiro atoms. The Kier molecular flexibility index (Phi) is 3.14. The van der Waals surface area contributed by atoms with Crippen molar-refractivity contribution in [3.63, 3.8) is 0 Å². The fraction of sp³-hybridized carbons (Fsp3) is 0.429. The predicted molar refractivity (Wildman–Crippen MR) is 32.9 cm³/mol. The lowest BCUT2D eigenvalue weighted by molar-refractivity contribution is 1.17. The Morgan fingerprint density at radius 2 is 2.29 bits per heavy atom. The summed E-state index contributed by atoms with van der Waals surface area (Å²) >= 11 is 0. The molecule has 0 rings (SSSR count). The summed E-state index contributed by atoms with van der Waals surface area (Å²) in [6.07, 6.45) is 0.973. The molecule has 0 saturated heterocycles. The molecule has 0 aliphatic rings. The number of rotatable bonds is 1. The molecule has 38 valence electrons. The van der Waals surface area contributed by atoms with Crippen molar-refractivity contribution in [2.24, 2.45) is 0 Å². The van der Waals surface area contributed by atoms with Crippen molar-refractivity contribution >= 4 is 0 Å². The zero-order chi connectivity index (χ0) is 5.70. The van der Waals surface area contributed by atoms with Crippen molar-refractivity contribution in [1.29, 1.82) is 0 Å². The van der Waals surface area contributed by atoms with Crippen LogP contribution < -0.4 is 0 Å². The highest BCUT2D eigenvalue weighted by Gasteiger charge is 1.74. The second-order valence-corrected chi connectivity index (χ2v) is 1.33. The van der Waals surface area contributed by atoms with Gasteiger partial charge >= 0.3 is 0 Å². The predicted octanol–water partition coefficient (Wildman–Crippen LogP) is 1.98. The summed E-state index contributed by atoms with van der Waals surface area (Å²) in [5.41, 5.74) is 1.02. The van der Waals surface area contributed by atoms with E-state index in [4.69, 9.17) is 0 Å². The molecule has 0 amide bonds. The maximum atomic E-state index is 3.69. The van der Waals surface area contributed by atoms with Crippen LogP contribution in [-0.4, -0.2) is 0 Å². The van der Waals surface area contributed by atoms with Crippen molar-refractivity contribution in [3.8, 4) is 11.8 Å². The van der Waals surface area contributed by atoms with Crippen molar-refractivity contribution in [2.75, 3.05) is 0 Å². The third-order valence-electron chi connectivity index (χ3n) is 0.729. The third kappa shape index (κ3) is 3.12. The van der Waals surface area contributed by atoms with E-state index in [9.17, 15) is 0 Å². The van der Waals surface area contributed by atoms with Crippen LogP contribution in [0, 0.1) is 11.8 Å². The topological polar surface area (TPSA) is 0 Å². The van der Waals surface area contributed by atoms with Crippen LogP contribution >= 0.6 is 0 Å². The molecule has 0 aromatic heterocycles. The largest absolute Gasteiger partial charge is 0.102 e. The van der Waals surface area contributed by atoms with Crippen LogP contribution in [0.15, 0.2) is 12.2 Å². The lowest BCUT2D eigenvalue weighted by Gasteiger charge is -1.81. The maximum absolute atomic E-state index is 3.69. The van der Waals surface area contributed by atoms with Crippen LogP contribution in [0.4, 0.5) is 0 Å². The highest BCUT2D eigenvalue weighted by molar-refractivity contribution is 5.23. The van der Waals surface area contributed by atoms with Gasteiger partial charge in [0.2, 0.25) is 0 Å². The molecule has 0 N–H and O–H groups in total. The summed E-state index contributed by atoms with van der Waals surface area (Å²) in [5, 5.41) is 0. The first-order chi connectivity index (χ1) is 3.31. The average Bonchev–Trinajstić information content (AvgIpc) is 1.68. The smallest absolute Gasteiger partial charge is 0.00234 e. The van der Waals surface area contributed by atoms with Crippen LogP contribution in [0.1, 0.15) is 20.3 Å². The number of hydrogen-bond donors (Lipinski definition) is 0. The summed E-state index contributed by atoms with van der Waals surface area (Å²) < 4.78 is 0. The van der Waals surface area contributed by atoms with Gasteiger partial charge in [0.25, 0.3) is 0 Å². The van der Waals surface area contributed by atoms with Crippen LogP contribution in [0.3, 0.4) is 0 Å². The SMILES string of the molecule is C=C(C#CC)CC. The van der Waals surface area contributed by atoms with E-state index in [0.717, 1.165) is 12.0 Å². The van der Waals surface area contributed by atoms with Crippen LogP contribution in [-0.2, 0) is 0 Å². The summed E-state index contributed by atoms with van der Waals surface area (Å²) in [6, 6.07) is 0. The molecule has 0 heteroatoms. The molecule has 0 radical (unpaired) electrons. The maximum Gasteiger partial charge on any atom is -0.00234 e.